The fourth-order valence-corrected chi connectivity index (χ4v) is 2.03. The zero-order valence-electron chi connectivity index (χ0n) is 12.7. The van der Waals surface area contributed by atoms with Crippen LogP contribution in [0.5, 0.6) is 5.75 Å². The lowest BCUT2D eigenvalue weighted by atomic mass is 9.94. The second-order valence-electron chi connectivity index (χ2n) is 5.21. The lowest BCUT2D eigenvalue weighted by Crippen LogP contribution is -2.48. The molecule has 0 radical (unpaired) electrons. The van der Waals surface area contributed by atoms with E-state index in [1.807, 2.05) is 14.0 Å². The molecule has 0 bridgehead atoms. The molecule has 1 aromatic rings. The first-order valence-corrected chi connectivity index (χ1v) is 7.25. The van der Waals surface area contributed by atoms with Crippen molar-refractivity contribution in [1.82, 2.24) is 10.6 Å². The van der Waals surface area contributed by atoms with Crippen LogP contribution in [-0.4, -0.2) is 31.6 Å². The van der Waals surface area contributed by atoms with Crippen molar-refractivity contribution in [2.75, 3.05) is 20.2 Å². The van der Waals surface area contributed by atoms with Crippen LogP contribution in [0.2, 0.25) is 5.02 Å². The number of carbonyl (C=O) groups excluding carboxylic acids is 1. The van der Waals surface area contributed by atoms with E-state index in [9.17, 15) is 9.18 Å². The number of terminal acetylenes is 1. The summed E-state index contributed by atoms with van der Waals surface area (Å²) >= 11 is 5.58. The van der Waals surface area contributed by atoms with Gasteiger partial charge in [0.15, 0.2) is 6.61 Å². The highest BCUT2D eigenvalue weighted by atomic mass is 35.5. The van der Waals surface area contributed by atoms with Gasteiger partial charge in [-0.15, -0.1) is 12.3 Å². The average Bonchev–Trinajstić information content (AvgIpc) is 2.46. The lowest BCUT2D eigenvalue weighted by molar-refractivity contribution is -0.124. The Kier molecular flexibility index (Phi) is 7.16. The van der Waals surface area contributed by atoms with Crippen LogP contribution in [0.25, 0.3) is 0 Å². The van der Waals surface area contributed by atoms with Gasteiger partial charge in [0.25, 0.3) is 5.91 Å². The third-order valence-corrected chi connectivity index (χ3v) is 3.43. The third kappa shape index (κ3) is 5.92. The van der Waals surface area contributed by atoms with Gasteiger partial charge in [0, 0.05) is 18.0 Å². The molecule has 2 N–H and O–H groups in total. The minimum Gasteiger partial charge on any atom is -0.484 e. The van der Waals surface area contributed by atoms with Crippen LogP contribution >= 0.6 is 11.6 Å². The number of hydrogen-bond acceptors (Lipinski definition) is 3. The van der Waals surface area contributed by atoms with Crippen LogP contribution in [0.1, 0.15) is 19.8 Å². The Labute approximate surface area is 135 Å². The fourth-order valence-electron chi connectivity index (χ4n) is 1.91. The van der Waals surface area contributed by atoms with E-state index in [4.69, 9.17) is 22.8 Å². The molecule has 0 aliphatic heterocycles. The summed E-state index contributed by atoms with van der Waals surface area (Å²) in [5.74, 6) is 1.90. The first kappa shape index (κ1) is 18.3. The number of amides is 1. The molecule has 1 aromatic carbocycles. The summed E-state index contributed by atoms with van der Waals surface area (Å²) in [5, 5.41) is 5.88. The van der Waals surface area contributed by atoms with Crippen LogP contribution < -0.4 is 15.4 Å². The normalized spacial score (nSPS) is 13.0. The Morgan fingerprint density at radius 2 is 2.27 bits per heavy atom. The van der Waals surface area contributed by atoms with Gasteiger partial charge in [-0.25, -0.2) is 4.39 Å². The number of halogens is 2. The molecule has 0 spiro atoms. The summed E-state index contributed by atoms with van der Waals surface area (Å²) < 4.78 is 18.5. The van der Waals surface area contributed by atoms with E-state index in [-0.39, 0.29) is 23.3 Å². The summed E-state index contributed by atoms with van der Waals surface area (Å²) in [7, 11) is 1.83. The van der Waals surface area contributed by atoms with Crippen LogP contribution in [0, 0.1) is 18.2 Å². The van der Waals surface area contributed by atoms with E-state index < -0.39 is 11.4 Å². The number of hydrogen-bond donors (Lipinski definition) is 2. The minimum atomic E-state index is -0.592. The molecular formula is C16H20ClFN2O2. The molecule has 0 saturated carbocycles. The Balaban J connectivity index is 2.56. The van der Waals surface area contributed by atoms with Gasteiger partial charge in [-0.1, -0.05) is 11.6 Å². The molecular weight excluding hydrogens is 307 g/mol. The van der Waals surface area contributed by atoms with Crippen molar-refractivity contribution in [1.29, 1.82) is 0 Å². The highest BCUT2D eigenvalue weighted by Gasteiger charge is 2.25. The summed E-state index contributed by atoms with van der Waals surface area (Å²) in [5.41, 5.74) is -0.510. The summed E-state index contributed by atoms with van der Waals surface area (Å²) in [6.45, 7) is 2.38. The molecule has 6 heteroatoms. The molecule has 4 nitrogen and oxygen atoms in total. The molecule has 0 aliphatic carbocycles. The standard InChI is InChI=1S/C16H20ClFN2O2/c1-4-7-16(2,8-9-19-3)20-15(21)11-22-12-5-6-13(17)14(18)10-12/h1,5-6,10,19H,7-9,11H2,2-3H3,(H,20,21). The zero-order chi connectivity index (χ0) is 16.6. The van der Waals surface area contributed by atoms with E-state index in [0.717, 1.165) is 12.6 Å². The van der Waals surface area contributed by atoms with Crippen molar-refractivity contribution < 1.29 is 13.9 Å². The molecule has 0 fully saturated rings. The van der Waals surface area contributed by atoms with E-state index >= 15 is 0 Å². The first-order valence-electron chi connectivity index (χ1n) is 6.87. The summed E-state index contributed by atoms with van der Waals surface area (Å²) in [6.07, 6.45) is 6.45. The Morgan fingerprint density at radius 1 is 1.55 bits per heavy atom. The predicted octanol–water partition coefficient (Wildman–Crippen LogP) is 2.37. The van der Waals surface area contributed by atoms with Gasteiger partial charge in [-0.2, -0.15) is 0 Å². The number of carbonyl (C=O) groups is 1. The van der Waals surface area contributed by atoms with Crippen LogP contribution in [-0.2, 0) is 4.79 Å². The molecule has 120 valence electrons. The van der Waals surface area contributed by atoms with Gasteiger partial charge in [-0.05, 0) is 39.1 Å². The monoisotopic (exact) mass is 326 g/mol. The lowest BCUT2D eigenvalue weighted by Gasteiger charge is -2.29. The molecule has 1 rings (SSSR count). The summed E-state index contributed by atoms with van der Waals surface area (Å²) in [6, 6.07) is 4.01. The Morgan fingerprint density at radius 3 is 2.86 bits per heavy atom. The Hall–Kier alpha value is -1.77. The van der Waals surface area contributed by atoms with Crippen molar-refractivity contribution in [2.24, 2.45) is 0 Å². The van der Waals surface area contributed by atoms with E-state index in [1.165, 1.54) is 12.1 Å². The van der Waals surface area contributed by atoms with Crippen LogP contribution in [0.3, 0.4) is 0 Å². The molecule has 22 heavy (non-hydrogen) atoms. The fraction of sp³-hybridized carbons (Fsp3) is 0.438. The predicted molar refractivity (Wildman–Crippen MR) is 85.4 cm³/mol. The van der Waals surface area contributed by atoms with E-state index in [0.29, 0.717) is 12.8 Å². The maximum Gasteiger partial charge on any atom is 0.258 e. The molecule has 1 atom stereocenters. The molecule has 0 heterocycles. The average molecular weight is 327 g/mol. The van der Waals surface area contributed by atoms with Crippen molar-refractivity contribution in [3.63, 3.8) is 0 Å². The highest BCUT2D eigenvalue weighted by Crippen LogP contribution is 2.20. The molecule has 0 aliphatic rings. The second-order valence-corrected chi connectivity index (χ2v) is 5.62. The maximum absolute atomic E-state index is 13.3. The first-order chi connectivity index (χ1) is 10.4. The minimum absolute atomic E-state index is 0.00506. The van der Waals surface area contributed by atoms with Crippen molar-refractivity contribution in [2.45, 2.75) is 25.3 Å². The van der Waals surface area contributed by atoms with Crippen molar-refractivity contribution >= 4 is 17.5 Å². The topological polar surface area (TPSA) is 50.4 Å². The number of benzene rings is 1. The number of rotatable bonds is 8. The van der Waals surface area contributed by atoms with Gasteiger partial charge in [0.2, 0.25) is 0 Å². The van der Waals surface area contributed by atoms with Gasteiger partial charge < -0.3 is 15.4 Å². The van der Waals surface area contributed by atoms with Crippen LogP contribution in [0.4, 0.5) is 4.39 Å². The summed E-state index contributed by atoms with van der Waals surface area (Å²) in [4.78, 5) is 12.0. The van der Waals surface area contributed by atoms with E-state index in [1.54, 1.807) is 0 Å². The van der Waals surface area contributed by atoms with Crippen molar-refractivity contribution in [3.05, 3.63) is 29.0 Å². The van der Waals surface area contributed by atoms with Gasteiger partial charge in [0.1, 0.15) is 11.6 Å². The largest absolute Gasteiger partial charge is 0.484 e. The third-order valence-electron chi connectivity index (χ3n) is 3.12. The SMILES string of the molecule is C#CCC(C)(CCNC)NC(=O)COc1ccc(Cl)c(F)c1. The quantitative estimate of drug-likeness (QED) is 0.721. The van der Waals surface area contributed by atoms with Gasteiger partial charge >= 0.3 is 0 Å². The number of nitrogens with one attached hydrogen (secondary N) is 2. The second kappa shape index (κ2) is 8.62. The zero-order valence-corrected chi connectivity index (χ0v) is 13.5. The van der Waals surface area contributed by atoms with E-state index in [2.05, 4.69) is 16.6 Å². The smallest absolute Gasteiger partial charge is 0.258 e. The Bertz CT molecular complexity index is 560. The molecule has 1 amide bonds. The maximum atomic E-state index is 13.3. The van der Waals surface area contributed by atoms with Gasteiger partial charge in [-0.3, -0.25) is 4.79 Å². The molecule has 1 unspecified atom stereocenters. The highest BCUT2D eigenvalue weighted by molar-refractivity contribution is 6.30. The molecule has 0 saturated heterocycles. The number of ether oxygens (including phenoxy) is 1. The van der Waals surface area contributed by atoms with Crippen molar-refractivity contribution in [3.8, 4) is 18.1 Å². The van der Waals surface area contributed by atoms with Crippen LogP contribution in [0.15, 0.2) is 18.2 Å². The van der Waals surface area contributed by atoms with Gasteiger partial charge in [0.05, 0.1) is 5.02 Å². The molecule has 0 aromatic heterocycles.